The maximum absolute atomic E-state index is 10.3. The Labute approximate surface area is 72.3 Å². The van der Waals surface area contributed by atoms with Crippen LogP contribution in [0.2, 0.25) is 0 Å². The summed E-state index contributed by atoms with van der Waals surface area (Å²) in [5.74, 6) is 0. The highest BCUT2D eigenvalue weighted by atomic mass is 79.9. The first-order valence-corrected chi connectivity index (χ1v) is 3.82. The number of nitrogens with zero attached hydrogens (tertiary/aromatic N) is 1. The largest absolute Gasteiger partial charge is 0.385 e. The minimum atomic E-state index is -1.85. The van der Waals surface area contributed by atoms with E-state index in [0.29, 0.717) is 0 Å². The second-order valence-electron chi connectivity index (χ2n) is 2.34. The van der Waals surface area contributed by atoms with Gasteiger partial charge < -0.3 is 10.2 Å². The van der Waals surface area contributed by atoms with Gasteiger partial charge in [-0.2, -0.15) is 0 Å². The van der Waals surface area contributed by atoms with Crippen molar-refractivity contribution in [1.29, 1.82) is 0 Å². The van der Waals surface area contributed by atoms with Gasteiger partial charge >= 0.3 is 4.45 Å². The highest BCUT2D eigenvalue weighted by Crippen LogP contribution is 2.27. The molecule has 6 heteroatoms. The summed E-state index contributed by atoms with van der Waals surface area (Å²) in [7, 11) is 0. The van der Waals surface area contributed by atoms with Gasteiger partial charge in [0.1, 0.15) is 12.2 Å². The first-order valence-electron chi connectivity index (χ1n) is 3.03. The lowest BCUT2D eigenvalue weighted by molar-refractivity contribution is -0.558. The fraction of sp³-hybridized carbons (Fsp3) is 1.00. The molecule has 2 N–H and O–H groups in total. The number of aliphatic hydroxyl groups is 2. The summed E-state index contributed by atoms with van der Waals surface area (Å²) in [6, 6.07) is 0. The molecule has 11 heavy (non-hydrogen) atoms. The first kappa shape index (κ1) is 10.8. The van der Waals surface area contributed by atoms with Crippen molar-refractivity contribution in [1.82, 2.24) is 0 Å². The smallest absolute Gasteiger partial charge is 0.324 e. The summed E-state index contributed by atoms with van der Waals surface area (Å²) in [6.07, 6.45) is -2.50. The second-order valence-corrected chi connectivity index (χ2v) is 3.61. The van der Waals surface area contributed by atoms with Crippen molar-refractivity contribution in [2.45, 2.75) is 30.5 Å². The molecule has 0 aliphatic rings. The van der Waals surface area contributed by atoms with Gasteiger partial charge in [-0.3, -0.25) is 10.1 Å². The van der Waals surface area contributed by atoms with Crippen LogP contribution in [0.15, 0.2) is 0 Å². The van der Waals surface area contributed by atoms with Gasteiger partial charge in [-0.1, -0.05) is 0 Å². The van der Waals surface area contributed by atoms with E-state index in [0.717, 1.165) is 0 Å². The lowest BCUT2D eigenvalue weighted by Crippen LogP contribution is -2.50. The predicted molar refractivity (Wildman–Crippen MR) is 42.0 cm³/mol. The van der Waals surface area contributed by atoms with Gasteiger partial charge in [0, 0.05) is 20.9 Å². The van der Waals surface area contributed by atoms with Crippen LogP contribution in [0.3, 0.4) is 0 Å². The van der Waals surface area contributed by atoms with E-state index in [1.807, 2.05) is 0 Å². The van der Waals surface area contributed by atoms with E-state index in [2.05, 4.69) is 15.9 Å². The Morgan fingerprint density at radius 1 is 1.45 bits per heavy atom. The number of rotatable bonds is 3. The fourth-order valence-corrected chi connectivity index (χ4v) is 0.654. The Balaban J connectivity index is 4.67. The van der Waals surface area contributed by atoms with Gasteiger partial charge in [-0.15, -0.1) is 0 Å². The van der Waals surface area contributed by atoms with E-state index in [4.69, 9.17) is 10.2 Å². The zero-order chi connectivity index (χ0) is 9.23. The first-order chi connectivity index (χ1) is 4.83. The standard InChI is InChI=1S/C5H10BrNO4/c1-3(8)5(6,4(2)9)7(10)11/h3-4,8-9H,1-2H3. The second kappa shape index (κ2) is 3.46. The third-order valence-electron chi connectivity index (χ3n) is 1.45. The van der Waals surface area contributed by atoms with Crippen molar-refractivity contribution in [3.05, 3.63) is 10.1 Å². The van der Waals surface area contributed by atoms with E-state index >= 15 is 0 Å². The average molecular weight is 228 g/mol. The van der Waals surface area contributed by atoms with Crippen LogP contribution in [0.25, 0.3) is 0 Å². The number of nitro groups is 1. The topological polar surface area (TPSA) is 83.6 Å². The maximum atomic E-state index is 10.3. The number of aliphatic hydroxyl groups excluding tert-OH is 2. The van der Waals surface area contributed by atoms with E-state index in [1.165, 1.54) is 13.8 Å². The number of hydrogen-bond acceptors (Lipinski definition) is 4. The maximum Gasteiger partial charge on any atom is 0.324 e. The molecule has 0 aliphatic heterocycles. The molecule has 0 aromatic rings. The number of halogens is 1. The summed E-state index contributed by atoms with van der Waals surface area (Å²) in [4.78, 5) is 9.60. The van der Waals surface area contributed by atoms with Crippen LogP contribution >= 0.6 is 15.9 Å². The van der Waals surface area contributed by atoms with Gasteiger partial charge in [0.25, 0.3) is 0 Å². The van der Waals surface area contributed by atoms with Crippen LogP contribution < -0.4 is 0 Å². The molecule has 2 atom stereocenters. The molecule has 0 bridgehead atoms. The molecule has 0 aromatic carbocycles. The zero-order valence-corrected chi connectivity index (χ0v) is 7.78. The Bertz CT molecular complexity index is 151. The van der Waals surface area contributed by atoms with Crippen molar-refractivity contribution >= 4 is 15.9 Å². The van der Waals surface area contributed by atoms with Crippen molar-refractivity contribution < 1.29 is 15.1 Å². The molecule has 0 radical (unpaired) electrons. The highest BCUT2D eigenvalue weighted by molar-refractivity contribution is 9.10. The SMILES string of the molecule is CC(O)C(Br)(C(C)O)[N+](=O)[O-]. The molecule has 0 saturated carbocycles. The third kappa shape index (κ3) is 1.88. The molecule has 0 spiro atoms. The minimum absolute atomic E-state index is 0.748. The predicted octanol–water partition coefficient (Wildman–Crippen LogP) is 0.116. The summed E-state index contributed by atoms with van der Waals surface area (Å²) < 4.78 is -1.85. The molecule has 66 valence electrons. The van der Waals surface area contributed by atoms with Gasteiger partial charge in [-0.05, 0) is 13.8 Å². The third-order valence-corrected chi connectivity index (χ3v) is 3.07. The molecule has 0 aliphatic carbocycles. The van der Waals surface area contributed by atoms with Gasteiger partial charge in [0.15, 0.2) is 0 Å². The Kier molecular flexibility index (Phi) is 3.40. The number of alkyl halides is 1. The average Bonchev–Trinajstić information content (AvgIpc) is 1.84. The van der Waals surface area contributed by atoms with Crippen molar-refractivity contribution in [3.8, 4) is 0 Å². The molecule has 0 amide bonds. The van der Waals surface area contributed by atoms with E-state index < -0.39 is 21.6 Å². The summed E-state index contributed by atoms with van der Waals surface area (Å²) in [6.45, 7) is 2.48. The highest BCUT2D eigenvalue weighted by Gasteiger charge is 2.50. The van der Waals surface area contributed by atoms with Crippen LogP contribution in [-0.2, 0) is 0 Å². The molecule has 0 aromatic heterocycles. The zero-order valence-electron chi connectivity index (χ0n) is 6.19. The van der Waals surface area contributed by atoms with Crippen molar-refractivity contribution in [2.24, 2.45) is 0 Å². The van der Waals surface area contributed by atoms with Gasteiger partial charge in [-0.25, -0.2) is 0 Å². The summed E-state index contributed by atoms with van der Waals surface area (Å²) in [5.41, 5.74) is 0. The van der Waals surface area contributed by atoms with Crippen LogP contribution in [0.4, 0.5) is 0 Å². The number of hydrogen-bond donors (Lipinski definition) is 2. The molecule has 0 rings (SSSR count). The molecular weight excluding hydrogens is 218 g/mol. The quantitative estimate of drug-likeness (QED) is 0.311. The molecule has 0 heterocycles. The van der Waals surface area contributed by atoms with Gasteiger partial charge in [0.05, 0.1) is 0 Å². The van der Waals surface area contributed by atoms with E-state index in [1.54, 1.807) is 0 Å². The molecule has 2 unspecified atom stereocenters. The van der Waals surface area contributed by atoms with Crippen LogP contribution in [0.5, 0.6) is 0 Å². The minimum Gasteiger partial charge on any atom is -0.385 e. The normalized spacial score (nSPS) is 21.9. The van der Waals surface area contributed by atoms with Gasteiger partial charge in [0.2, 0.25) is 0 Å². The Hall–Kier alpha value is -0.200. The van der Waals surface area contributed by atoms with E-state index in [-0.39, 0.29) is 0 Å². The lowest BCUT2D eigenvalue weighted by atomic mass is 10.1. The summed E-state index contributed by atoms with van der Waals surface area (Å²) >= 11 is 2.68. The molecule has 5 nitrogen and oxygen atoms in total. The van der Waals surface area contributed by atoms with Crippen molar-refractivity contribution in [2.75, 3.05) is 0 Å². The summed E-state index contributed by atoms with van der Waals surface area (Å²) in [5, 5.41) is 28.3. The monoisotopic (exact) mass is 227 g/mol. The Morgan fingerprint density at radius 3 is 1.73 bits per heavy atom. The van der Waals surface area contributed by atoms with E-state index in [9.17, 15) is 10.1 Å². The van der Waals surface area contributed by atoms with Crippen LogP contribution in [-0.4, -0.2) is 31.8 Å². The fourth-order valence-electron chi connectivity index (χ4n) is 0.654. The van der Waals surface area contributed by atoms with Crippen LogP contribution in [0, 0.1) is 10.1 Å². The van der Waals surface area contributed by atoms with Crippen molar-refractivity contribution in [3.63, 3.8) is 0 Å². The lowest BCUT2D eigenvalue weighted by Gasteiger charge is -2.23. The molecular formula is C5H10BrNO4. The van der Waals surface area contributed by atoms with Crippen LogP contribution in [0.1, 0.15) is 13.8 Å². The molecule has 0 fully saturated rings. The Morgan fingerprint density at radius 2 is 1.73 bits per heavy atom. The molecule has 0 saturated heterocycles.